The Labute approximate surface area is 160 Å². The number of piperidine rings is 1. The molecular weight excluding hydrogens is 373 g/mol. The first kappa shape index (κ1) is 18.9. The van der Waals surface area contributed by atoms with E-state index in [0.29, 0.717) is 13.2 Å². The Morgan fingerprint density at radius 2 is 1.79 bits per heavy atom. The lowest BCUT2D eigenvalue weighted by atomic mass is 10.0. The highest BCUT2D eigenvalue weighted by atomic mass is 19.4. The fourth-order valence-corrected chi connectivity index (χ4v) is 3.53. The summed E-state index contributed by atoms with van der Waals surface area (Å²) in [7, 11) is 0. The third-order valence-corrected chi connectivity index (χ3v) is 4.95. The molecule has 1 aromatic heterocycles. The van der Waals surface area contributed by atoms with Gasteiger partial charge in [-0.05, 0) is 25.1 Å². The molecule has 1 N–H and O–H groups in total. The van der Waals surface area contributed by atoms with E-state index >= 15 is 0 Å². The van der Waals surface area contributed by atoms with E-state index in [0.717, 1.165) is 49.6 Å². The van der Waals surface area contributed by atoms with Crippen LogP contribution in [0.4, 0.5) is 30.6 Å². The van der Waals surface area contributed by atoms with Gasteiger partial charge in [0.05, 0.1) is 18.8 Å². The number of anilines is 3. The zero-order valence-corrected chi connectivity index (χ0v) is 15.4. The average Bonchev–Trinajstić information content (AvgIpc) is 3.09. The monoisotopic (exact) mass is 394 g/mol. The highest BCUT2D eigenvalue weighted by Gasteiger charge is 2.40. The molecule has 2 aromatic rings. The SMILES string of the molecule is Cc1cc(N2CCC3(CC2)OCCO3)nc(Nc2cccc(C(F)(F)F)c2)n1. The second kappa shape index (κ2) is 7.21. The summed E-state index contributed by atoms with van der Waals surface area (Å²) >= 11 is 0. The molecule has 2 aliphatic heterocycles. The van der Waals surface area contributed by atoms with Crippen molar-refractivity contribution in [3.05, 3.63) is 41.6 Å². The number of rotatable bonds is 3. The third kappa shape index (κ3) is 4.05. The van der Waals surface area contributed by atoms with E-state index in [-0.39, 0.29) is 11.6 Å². The summed E-state index contributed by atoms with van der Waals surface area (Å²) < 4.78 is 50.2. The Morgan fingerprint density at radius 3 is 2.46 bits per heavy atom. The average molecular weight is 394 g/mol. The molecule has 3 heterocycles. The molecule has 0 saturated carbocycles. The number of benzene rings is 1. The molecule has 2 fully saturated rings. The van der Waals surface area contributed by atoms with E-state index in [1.54, 1.807) is 6.07 Å². The number of nitrogens with one attached hydrogen (secondary N) is 1. The normalized spacial score (nSPS) is 19.2. The smallest absolute Gasteiger partial charge is 0.356 e. The van der Waals surface area contributed by atoms with Crippen LogP contribution < -0.4 is 10.2 Å². The molecule has 28 heavy (non-hydrogen) atoms. The molecule has 0 unspecified atom stereocenters. The quantitative estimate of drug-likeness (QED) is 0.852. The molecule has 2 aliphatic rings. The second-order valence-electron chi connectivity index (χ2n) is 6.99. The van der Waals surface area contributed by atoms with E-state index in [4.69, 9.17) is 9.47 Å². The summed E-state index contributed by atoms with van der Waals surface area (Å²) in [5.41, 5.74) is 0.299. The summed E-state index contributed by atoms with van der Waals surface area (Å²) in [5.74, 6) is 0.523. The minimum Gasteiger partial charge on any atom is -0.356 e. The van der Waals surface area contributed by atoms with Gasteiger partial charge in [0, 0.05) is 43.4 Å². The highest BCUT2D eigenvalue weighted by molar-refractivity contribution is 5.57. The zero-order chi connectivity index (χ0) is 19.8. The van der Waals surface area contributed by atoms with Gasteiger partial charge in [0.15, 0.2) is 5.79 Å². The number of alkyl halides is 3. The lowest BCUT2D eigenvalue weighted by Gasteiger charge is -2.38. The molecule has 6 nitrogen and oxygen atoms in total. The first-order valence-electron chi connectivity index (χ1n) is 9.16. The minimum absolute atomic E-state index is 0.267. The van der Waals surface area contributed by atoms with Gasteiger partial charge in [-0.1, -0.05) is 6.07 Å². The molecule has 0 aliphatic carbocycles. The molecular formula is C19H21F3N4O2. The van der Waals surface area contributed by atoms with Crippen LogP contribution in [0.2, 0.25) is 0 Å². The fourth-order valence-electron chi connectivity index (χ4n) is 3.53. The first-order valence-corrected chi connectivity index (χ1v) is 9.16. The topological polar surface area (TPSA) is 59.5 Å². The van der Waals surface area contributed by atoms with Crippen molar-refractivity contribution >= 4 is 17.5 Å². The van der Waals surface area contributed by atoms with Crippen molar-refractivity contribution < 1.29 is 22.6 Å². The van der Waals surface area contributed by atoms with Crippen molar-refractivity contribution in [3.8, 4) is 0 Å². The second-order valence-corrected chi connectivity index (χ2v) is 6.99. The number of aromatic nitrogens is 2. The van der Waals surface area contributed by atoms with E-state index in [2.05, 4.69) is 20.2 Å². The number of aryl methyl sites for hydroxylation is 1. The molecule has 9 heteroatoms. The van der Waals surface area contributed by atoms with E-state index in [9.17, 15) is 13.2 Å². The number of hydrogen-bond acceptors (Lipinski definition) is 6. The van der Waals surface area contributed by atoms with Crippen molar-refractivity contribution in [2.75, 3.05) is 36.5 Å². The maximum absolute atomic E-state index is 12.9. The molecule has 150 valence electrons. The van der Waals surface area contributed by atoms with Crippen LogP contribution in [0, 0.1) is 6.92 Å². The van der Waals surface area contributed by atoms with Crippen LogP contribution in [0.3, 0.4) is 0 Å². The van der Waals surface area contributed by atoms with Crippen molar-refractivity contribution in [1.82, 2.24) is 9.97 Å². The van der Waals surface area contributed by atoms with Crippen molar-refractivity contribution in [2.24, 2.45) is 0 Å². The Balaban J connectivity index is 1.50. The van der Waals surface area contributed by atoms with Crippen molar-refractivity contribution in [2.45, 2.75) is 31.7 Å². The molecule has 2 saturated heterocycles. The minimum atomic E-state index is -4.40. The number of hydrogen-bond donors (Lipinski definition) is 1. The van der Waals surface area contributed by atoms with Gasteiger partial charge < -0.3 is 19.7 Å². The molecule has 0 bridgehead atoms. The molecule has 4 rings (SSSR count). The lowest BCUT2D eigenvalue weighted by Crippen LogP contribution is -2.45. The van der Waals surface area contributed by atoms with Crippen LogP contribution in [-0.2, 0) is 15.7 Å². The van der Waals surface area contributed by atoms with Gasteiger partial charge in [0.25, 0.3) is 0 Å². The summed E-state index contributed by atoms with van der Waals surface area (Å²) in [4.78, 5) is 10.9. The first-order chi connectivity index (χ1) is 13.3. The Bertz CT molecular complexity index is 843. The van der Waals surface area contributed by atoms with Crippen LogP contribution in [0.15, 0.2) is 30.3 Å². The van der Waals surface area contributed by atoms with Crippen LogP contribution in [0.25, 0.3) is 0 Å². The summed E-state index contributed by atoms with van der Waals surface area (Å²) in [6, 6.07) is 6.86. The molecule has 1 spiro atoms. The zero-order valence-electron chi connectivity index (χ0n) is 15.4. The lowest BCUT2D eigenvalue weighted by molar-refractivity contribution is -0.169. The highest BCUT2D eigenvalue weighted by Crippen LogP contribution is 2.34. The van der Waals surface area contributed by atoms with Gasteiger partial charge in [-0.3, -0.25) is 0 Å². The van der Waals surface area contributed by atoms with Crippen LogP contribution >= 0.6 is 0 Å². The van der Waals surface area contributed by atoms with Crippen LogP contribution in [0.1, 0.15) is 24.1 Å². The Morgan fingerprint density at radius 1 is 1.07 bits per heavy atom. The van der Waals surface area contributed by atoms with Crippen molar-refractivity contribution in [1.29, 1.82) is 0 Å². The van der Waals surface area contributed by atoms with E-state index in [1.807, 2.05) is 13.0 Å². The van der Waals surface area contributed by atoms with Crippen LogP contribution in [0.5, 0.6) is 0 Å². The molecule has 1 aromatic carbocycles. The standard InChI is InChI=1S/C19H21F3N4O2/c1-13-11-16(26-7-5-18(6-8-26)27-9-10-28-18)25-17(23-13)24-15-4-2-3-14(12-15)19(20,21)22/h2-4,11-12H,5-10H2,1H3,(H,23,24,25). The summed E-state index contributed by atoms with van der Waals surface area (Å²) in [6.07, 6.45) is -2.91. The largest absolute Gasteiger partial charge is 0.416 e. The van der Waals surface area contributed by atoms with Gasteiger partial charge in [-0.15, -0.1) is 0 Å². The van der Waals surface area contributed by atoms with Gasteiger partial charge >= 0.3 is 6.18 Å². The van der Waals surface area contributed by atoms with E-state index in [1.165, 1.54) is 6.07 Å². The molecule has 0 radical (unpaired) electrons. The van der Waals surface area contributed by atoms with Crippen molar-refractivity contribution in [3.63, 3.8) is 0 Å². The number of halogens is 3. The third-order valence-electron chi connectivity index (χ3n) is 4.95. The van der Waals surface area contributed by atoms with E-state index < -0.39 is 17.5 Å². The predicted molar refractivity (Wildman–Crippen MR) is 97.6 cm³/mol. The summed E-state index contributed by atoms with van der Waals surface area (Å²) in [6.45, 7) is 4.52. The maximum atomic E-state index is 12.9. The maximum Gasteiger partial charge on any atom is 0.416 e. The van der Waals surface area contributed by atoms with Gasteiger partial charge in [0.2, 0.25) is 5.95 Å². The Hall–Kier alpha value is -2.39. The molecule has 0 atom stereocenters. The van der Waals surface area contributed by atoms with Gasteiger partial charge in [-0.2, -0.15) is 18.2 Å². The fraction of sp³-hybridized carbons (Fsp3) is 0.474. The van der Waals surface area contributed by atoms with Crippen LogP contribution in [-0.4, -0.2) is 42.1 Å². The predicted octanol–water partition coefficient (Wildman–Crippen LogP) is 3.89. The van der Waals surface area contributed by atoms with Gasteiger partial charge in [-0.25, -0.2) is 4.98 Å². The summed E-state index contributed by atoms with van der Waals surface area (Å²) in [5, 5.41) is 2.89. The van der Waals surface area contributed by atoms with Gasteiger partial charge in [0.1, 0.15) is 5.82 Å². The number of nitrogens with zero attached hydrogens (tertiary/aromatic N) is 3. The number of ether oxygens (including phenoxy) is 2. The Kier molecular flexibility index (Phi) is 4.88. The molecule has 0 amide bonds.